The van der Waals surface area contributed by atoms with Gasteiger partial charge in [0.2, 0.25) is 0 Å². The Morgan fingerprint density at radius 3 is 2.50 bits per heavy atom. The Hall–Kier alpha value is -1.10. The zero-order chi connectivity index (χ0) is 19.5. The first kappa shape index (κ1) is 24.9. The third-order valence-corrected chi connectivity index (χ3v) is 5.00. The van der Waals surface area contributed by atoms with Crippen molar-refractivity contribution in [1.82, 2.24) is 20.4 Å². The third kappa shape index (κ3) is 8.10. The van der Waals surface area contributed by atoms with E-state index in [4.69, 9.17) is 9.47 Å². The van der Waals surface area contributed by atoms with Crippen molar-refractivity contribution in [3.63, 3.8) is 0 Å². The number of likely N-dealkylation sites (N-methyl/N-ethyl adjacent to an activating group) is 1. The average Bonchev–Trinajstić information content (AvgIpc) is 2.73. The van der Waals surface area contributed by atoms with E-state index < -0.39 is 0 Å². The van der Waals surface area contributed by atoms with Gasteiger partial charge in [-0.2, -0.15) is 0 Å². The Morgan fingerprint density at radius 2 is 1.93 bits per heavy atom. The smallest absolute Gasteiger partial charge is 0.191 e. The summed E-state index contributed by atoms with van der Waals surface area (Å²) in [5.41, 5.74) is 1.27. The first-order chi connectivity index (χ1) is 13.2. The van der Waals surface area contributed by atoms with Crippen LogP contribution < -0.4 is 15.4 Å². The molecule has 0 aromatic heterocycles. The van der Waals surface area contributed by atoms with Crippen molar-refractivity contribution in [3.05, 3.63) is 29.8 Å². The molecule has 28 heavy (non-hydrogen) atoms. The molecule has 0 saturated carbocycles. The molecule has 1 unspecified atom stereocenters. The summed E-state index contributed by atoms with van der Waals surface area (Å²) >= 11 is 0. The summed E-state index contributed by atoms with van der Waals surface area (Å²) in [7, 11) is 5.63. The summed E-state index contributed by atoms with van der Waals surface area (Å²) in [6.07, 6.45) is 0. The highest BCUT2D eigenvalue weighted by Crippen LogP contribution is 2.23. The molecule has 1 aromatic rings. The van der Waals surface area contributed by atoms with Crippen molar-refractivity contribution in [1.29, 1.82) is 0 Å². The zero-order valence-electron chi connectivity index (χ0n) is 17.6. The molecule has 2 N–H and O–H groups in total. The van der Waals surface area contributed by atoms with E-state index in [-0.39, 0.29) is 30.0 Å². The molecule has 1 heterocycles. The number of aliphatic imine (C=N–C) groups is 1. The van der Waals surface area contributed by atoms with Crippen molar-refractivity contribution < 1.29 is 9.47 Å². The highest BCUT2D eigenvalue weighted by atomic mass is 127. The molecule has 1 atom stereocenters. The first-order valence-electron chi connectivity index (χ1n) is 9.76. The van der Waals surface area contributed by atoms with Crippen LogP contribution in [0.3, 0.4) is 0 Å². The van der Waals surface area contributed by atoms with Gasteiger partial charge in [0, 0.05) is 39.8 Å². The minimum absolute atomic E-state index is 0. The molecule has 1 aliphatic rings. The predicted molar refractivity (Wildman–Crippen MR) is 126 cm³/mol. The minimum Gasteiger partial charge on any atom is -0.497 e. The fourth-order valence-corrected chi connectivity index (χ4v) is 3.11. The van der Waals surface area contributed by atoms with E-state index in [2.05, 4.69) is 51.5 Å². The van der Waals surface area contributed by atoms with Gasteiger partial charge in [0.1, 0.15) is 5.75 Å². The number of halogens is 1. The van der Waals surface area contributed by atoms with Gasteiger partial charge in [-0.05, 0) is 31.3 Å². The van der Waals surface area contributed by atoms with E-state index in [1.165, 1.54) is 5.56 Å². The second kappa shape index (κ2) is 14.0. The molecule has 0 radical (unpaired) electrons. The lowest BCUT2D eigenvalue weighted by molar-refractivity contribution is 0.0170. The predicted octanol–water partition coefficient (Wildman–Crippen LogP) is 1.80. The van der Waals surface area contributed by atoms with Crippen LogP contribution in [0.1, 0.15) is 18.5 Å². The maximum Gasteiger partial charge on any atom is 0.191 e. The average molecular weight is 505 g/mol. The second-order valence-corrected chi connectivity index (χ2v) is 6.71. The summed E-state index contributed by atoms with van der Waals surface area (Å²) in [5.74, 6) is 1.72. The molecule has 1 aliphatic heterocycles. The van der Waals surface area contributed by atoms with Gasteiger partial charge in [0.25, 0.3) is 0 Å². The van der Waals surface area contributed by atoms with Crippen LogP contribution in [0, 0.1) is 0 Å². The summed E-state index contributed by atoms with van der Waals surface area (Å²) in [5, 5.41) is 6.89. The number of ether oxygens (including phenoxy) is 2. The van der Waals surface area contributed by atoms with Gasteiger partial charge in [-0.25, -0.2) is 0 Å². The molecule has 1 saturated heterocycles. The normalized spacial score (nSPS) is 16.4. The van der Waals surface area contributed by atoms with Crippen molar-refractivity contribution in [3.8, 4) is 5.75 Å². The molecular weight excluding hydrogens is 469 g/mol. The Labute approximate surface area is 186 Å². The van der Waals surface area contributed by atoms with Gasteiger partial charge in [0.15, 0.2) is 5.96 Å². The van der Waals surface area contributed by atoms with Gasteiger partial charge in [-0.3, -0.25) is 9.89 Å². The lowest BCUT2D eigenvalue weighted by Gasteiger charge is -2.35. The summed E-state index contributed by atoms with van der Waals surface area (Å²) in [6.45, 7) is 9.29. The Balaban J connectivity index is 0.00000392. The van der Waals surface area contributed by atoms with Crippen LogP contribution in [-0.2, 0) is 4.74 Å². The Morgan fingerprint density at radius 1 is 1.25 bits per heavy atom. The van der Waals surface area contributed by atoms with Crippen LogP contribution in [0.4, 0.5) is 0 Å². The minimum atomic E-state index is 0. The number of morpholine rings is 1. The fourth-order valence-electron chi connectivity index (χ4n) is 3.11. The number of rotatable bonds is 9. The van der Waals surface area contributed by atoms with Crippen molar-refractivity contribution in [2.24, 2.45) is 4.99 Å². The van der Waals surface area contributed by atoms with E-state index in [9.17, 15) is 0 Å². The van der Waals surface area contributed by atoms with Gasteiger partial charge < -0.3 is 25.0 Å². The van der Waals surface area contributed by atoms with Crippen LogP contribution in [0.15, 0.2) is 29.3 Å². The van der Waals surface area contributed by atoms with E-state index in [1.54, 1.807) is 7.11 Å². The summed E-state index contributed by atoms with van der Waals surface area (Å²) in [4.78, 5) is 9.10. The monoisotopic (exact) mass is 505 g/mol. The largest absolute Gasteiger partial charge is 0.497 e. The third-order valence-electron chi connectivity index (χ3n) is 5.00. The van der Waals surface area contributed by atoms with Crippen molar-refractivity contribution >= 4 is 29.9 Å². The summed E-state index contributed by atoms with van der Waals surface area (Å²) < 4.78 is 10.8. The highest BCUT2D eigenvalue weighted by molar-refractivity contribution is 14.0. The van der Waals surface area contributed by atoms with Crippen LogP contribution in [0.5, 0.6) is 5.75 Å². The van der Waals surface area contributed by atoms with Crippen molar-refractivity contribution in [2.75, 3.05) is 73.7 Å². The lowest BCUT2D eigenvalue weighted by atomic mass is 10.0. The first-order valence-corrected chi connectivity index (χ1v) is 9.76. The molecule has 2 rings (SSSR count). The van der Waals surface area contributed by atoms with Crippen LogP contribution in [0.2, 0.25) is 0 Å². The molecule has 7 nitrogen and oxygen atoms in total. The molecule has 1 fully saturated rings. The van der Waals surface area contributed by atoms with E-state index in [0.29, 0.717) is 0 Å². The van der Waals surface area contributed by atoms with E-state index in [0.717, 1.165) is 64.2 Å². The molecule has 8 heteroatoms. The zero-order valence-corrected chi connectivity index (χ0v) is 19.9. The molecular formula is C20H36IN5O2. The van der Waals surface area contributed by atoms with Gasteiger partial charge >= 0.3 is 0 Å². The second-order valence-electron chi connectivity index (χ2n) is 6.71. The number of nitrogens with zero attached hydrogens (tertiary/aromatic N) is 3. The van der Waals surface area contributed by atoms with Crippen LogP contribution >= 0.6 is 24.0 Å². The topological polar surface area (TPSA) is 61.4 Å². The summed E-state index contributed by atoms with van der Waals surface area (Å²) in [6, 6.07) is 8.60. The van der Waals surface area contributed by atoms with Crippen LogP contribution in [-0.4, -0.2) is 89.4 Å². The molecule has 0 spiro atoms. The highest BCUT2D eigenvalue weighted by Gasteiger charge is 2.23. The number of guanidine groups is 1. The molecule has 0 aliphatic carbocycles. The Kier molecular flexibility index (Phi) is 12.4. The lowest BCUT2D eigenvalue weighted by Crippen LogP contribution is -2.47. The number of hydrogen-bond donors (Lipinski definition) is 2. The SMILES string of the molecule is CCN(C)CCNC(=NC)NCC(c1ccc(OC)cc1)N1CCOCC1.I. The molecule has 0 bridgehead atoms. The standard InChI is InChI=1S/C20H35N5O2.HI/c1-5-24(3)11-10-22-20(21-2)23-16-19(25-12-14-27-15-13-25)17-6-8-18(26-4)9-7-17;/h6-9,19H,5,10-16H2,1-4H3,(H2,21,22,23);1H. The van der Waals surface area contributed by atoms with Crippen molar-refractivity contribution in [2.45, 2.75) is 13.0 Å². The maximum atomic E-state index is 5.53. The van der Waals surface area contributed by atoms with Gasteiger partial charge in [-0.1, -0.05) is 19.1 Å². The molecule has 0 amide bonds. The van der Waals surface area contributed by atoms with Crippen LogP contribution in [0.25, 0.3) is 0 Å². The van der Waals surface area contributed by atoms with E-state index >= 15 is 0 Å². The fraction of sp³-hybridized carbons (Fsp3) is 0.650. The van der Waals surface area contributed by atoms with Gasteiger partial charge in [-0.15, -0.1) is 24.0 Å². The number of methoxy groups -OCH3 is 1. The number of nitrogens with one attached hydrogen (secondary N) is 2. The number of benzene rings is 1. The number of hydrogen-bond acceptors (Lipinski definition) is 5. The quantitative estimate of drug-likeness (QED) is 0.303. The molecule has 1 aromatic carbocycles. The maximum absolute atomic E-state index is 5.53. The Bertz CT molecular complexity index is 564. The van der Waals surface area contributed by atoms with Gasteiger partial charge in [0.05, 0.1) is 26.4 Å². The van der Waals surface area contributed by atoms with E-state index in [1.807, 2.05) is 19.2 Å². The molecule has 160 valence electrons.